The van der Waals surface area contributed by atoms with Crippen molar-refractivity contribution in [2.75, 3.05) is 11.6 Å². The van der Waals surface area contributed by atoms with E-state index in [4.69, 9.17) is 33.2 Å². The zero-order valence-electron chi connectivity index (χ0n) is 18.5. The fourth-order valence-electron chi connectivity index (χ4n) is 3.88. The van der Waals surface area contributed by atoms with Crippen LogP contribution in [0, 0.1) is 11.3 Å². The number of halogens is 2. The number of amides is 1. The van der Waals surface area contributed by atoms with Gasteiger partial charge < -0.3 is 4.74 Å². The molecule has 9 nitrogen and oxygen atoms in total. The first-order chi connectivity index (χ1) is 17.3. The van der Waals surface area contributed by atoms with Crippen molar-refractivity contribution < 1.29 is 19.1 Å². The third-order valence-electron chi connectivity index (χ3n) is 5.68. The summed E-state index contributed by atoms with van der Waals surface area (Å²) in [5, 5.41) is 13.8. The highest BCUT2D eigenvalue weighted by Crippen LogP contribution is 2.38. The van der Waals surface area contributed by atoms with E-state index >= 15 is 0 Å². The monoisotopic (exact) mass is 519 g/mol. The predicted octanol–water partition coefficient (Wildman–Crippen LogP) is 3.64. The molecular weight excluding hydrogens is 505 g/mol. The maximum atomic E-state index is 12.5. The van der Waals surface area contributed by atoms with Crippen molar-refractivity contribution in [2.24, 2.45) is 15.1 Å². The summed E-state index contributed by atoms with van der Waals surface area (Å²) in [7, 11) is 0. The number of hydrogen-bond donors (Lipinski definition) is 0. The molecule has 0 spiro atoms. The third kappa shape index (κ3) is 4.56. The minimum atomic E-state index is -0.656. The summed E-state index contributed by atoms with van der Waals surface area (Å²) in [5.41, 5.74) is 3.46. The van der Waals surface area contributed by atoms with Crippen LogP contribution in [0.1, 0.15) is 23.1 Å². The van der Waals surface area contributed by atoms with Gasteiger partial charge in [-0.05, 0) is 34.9 Å². The van der Waals surface area contributed by atoms with Gasteiger partial charge in [0.2, 0.25) is 17.4 Å². The summed E-state index contributed by atoms with van der Waals surface area (Å²) in [4.78, 5) is 44.9. The van der Waals surface area contributed by atoms with Crippen molar-refractivity contribution in [3.05, 3.63) is 68.7 Å². The summed E-state index contributed by atoms with van der Waals surface area (Å²) < 4.78 is 5.83. The van der Waals surface area contributed by atoms with Gasteiger partial charge in [0.05, 0.1) is 28.7 Å². The van der Waals surface area contributed by atoms with Crippen molar-refractivity contribution >= 4 is 64.2 Å². The Morgan fingerprint density at radius 1 is 1.06 bits per heavy atom. The number of dihydropyridines is 1. The lowest BCUT2D eigenvalue weighted by atomic mass is 9.97. The van der Waals surface area contributed by atoms with Gasteiger partial charge in [-0.2, -0.15) is 15.4 Å². The van der Waals surface area contributed by atoms with E-state index in [2.05, 4.69) is 15.1 Å². The SMILES string of the molecule is N#CC1=NN(c2cc(Cl)c(OC3=NCC(=O)C(Cc4ccc5c(c4)C=NC5)=C3)c(Cl)c2)C(=O)CC1=O. The highest BCUT2D eigenvalue weighted by molar-refractivity contribution is 6.50. The van der Waals surface area contributed by atoms with Gasteiger partial charge in [-0.3, -0.25) is 19.4 Å². The van der Waals surface area contributed by atoms with Crippen LogP contribution in [0.5, 0.6) is 5.75 Å². The van der Waals surface area contributed by atoms with Crippen molar-refractivity contribution in [2.45, 2.75) is 19.4 Å². The van der Waals surface area contributed by atoms with Crippen LogP contribution in [0.25, 0.3) is 0 Å². The van der Waals surface area contributed by atoms with Crippen LogP contribution in [-0.2, 0) is 27.3 Å². The highest BCUT2D eigenvalue weighted by atomic mass is 35.5. The van der Waals surface area contributed by atoms with Gasteiger partial charge in [-0.15, -0.1) is 0 Å². The molecule has 0 N–H and O–H groups in total. The molecule has 0 bridgehead atoms. The lowest BCUT2D eigenvalue weighted by Crippen LogP contribution is -2.36. The van der Waals surface area contributed by atoms with Gasteiger partial charge in [0, 0.05) is 24.3 Å². The Hall–Kier alpha value is -4.13. The van der Waals surface area contributed by atoms with Gasteiger partial charge in [0.1, 0.15) is 12.6 Å². The fraction of sp³-hybridized carbons (Fsp3) is 0.160. The summed E-state index contributed by atoms with van der Waals surface area (Å²) in [6.45, 7) is 0.584. The Morgan fingerprint density at radius 3 is 2.58 bits per heavy atom. The van der Waals surface area contributed by atoms with E-state index in [0.29, 0.717) is 18.5 Å². The van der Waals surface area contributed by atoms with Crippen LogP contribution in [0.2, 0.25) is 10.0 Å². The van der Waals surface area contributed by atoms with Crippen LogP contribution in [0.4, 0.5) is 5.69 Å². The summed E-state index contributed by atoms with van der Waals surface area (Å²) >= 11 is 12.8. The van der Waals surface area contributed by atoms with Gasteiger partial charge in [0.15, 0.2) is 11.5 Å². The molecule has 36 heavy (non-hydrogen) atoms. The second kappa shape index (κ2) is 9.49. The number of hydrazone groups is 1. The molecular formula is C25H15Cl2N5O4. The predicted molar refractivity (Wildman–Crippen MR) is 134 cm³/mol. The zero-order valence-corrected chi connectivity index (χ0v) is 20.0. The van der Waals surface area contributed by atoms with Crippen LogP contribution >= 0.6 is 23.2 Å². The highest BCUT2D eigenvalue weighted by Gasteiger charge is 2.30. The molecule has 0 atom stereocenters. The van der Waals surface area contributed by atoms with Gasteiger partial charge >= 0.3 is 0 Å². The molecule has 1 amide bonds. The number of ether oxygens (including phenoxy) is 1. The summed E-state index contributed by atoms with van der Waals surface area (Å²) in [6, 6.07) is 10.4. The Bertz CT molecular complexity index is 1490. The lowest BCUT2D eigenvalue weighted by Gasteiger charge is -2.22. The largest absolute Gasteiger partial charge is 0.436 e. The Morgan fingerprint density at radius 2 is 1.83 bits per heavy atom. The maximum absolute atomic E-state index is 12.5. The molecule has 3 aliphatic heterocycles. The van der Waals surface area contributed by atoms with Crippen molar-refractivity contribution in [3.63, 3.8) is 0 Å². The molecule has 0 aliphatic carbocycles. The topological polar surface area (TPSA) is 125 Å². The van der Waals surface area contributed by atoms with E-state index in [9.17, 15) is 14.4 Å². The standard InChI is InChI=1S/C25H15Cl2N5O4/c26-18-6-17(32-24(35)8-21(33)20(9-28)31-32)7-19(27)25(18)36-23-5-15(22(34)12-30-23)3-13-1-2-14-10-29-11-16(14)4-13/h1-2,4-7,11H,3,8,10,12H2. The quantitative estimate of drug-likeness (QED) is 0.570. The number of hydrogen-bond acceptors (Lipinski definition) is 8. The molecule has 3 heterocycles. The van der Waals surface area contributed by atoms with E-state index < -0.39 is 23.8 Å². The molecule has 2 aromatic carbocycles. The molecule has 0 fully saturated rings. The lowest BCUT2D eigenvalue weighted by molar-refractivity contribution is -0.124. The average Bonchev–Trinajstić information content (AvgIpc) is 3.31. The van der Waals surface area contributed by atoms with Gasteiger partial charge in [0.25, 0.3) is 5.91 Å². The average molecular weight is 520 g/mol. The number of ketones is 2. The number of aliphatic imine (C=N–C) groups is 2. The summed E-state index contributed by atoms with van der Waals surface area (Å²) in [6.07, 6.45) is 3.28. The first kappa shape index (κ1) is 23.6. The van der Waals surface area contributed by atoms with Crippen molar-refractivity contribution in [3.8, 4) is 11.8 Å². The normalized spacial score (nSPS) is 16.9. The molecule has 0 saturated carbocycles. The molecule has 0 aromatic heterocycles. The van der Waals surface area contributed by atoms with Crippen LogP contribution in [0.15, 0.2) is 57.1 Å². The van der Waals surface area contributed by atoms with Crippen molar-refractivity contribution in [1.29, 1.82) is 5.26 Å². The maximum Gasteiger partial charge on any atom is 0.255 e. The molecule has 11 heteroatoms. The number of nitrogens with zero attached hydrogens (tertiary/aromatic N) is 5. The van der Waals surface area contributed by atoms with E-state index in [1.807, 2.05) is 24.4 Å². The second-order valence-electron chi connectivity index (χ2n) is 8.13. The first-order valence-electron chi connectivity index (χ1n) is 10.7. The number of nitriles is 1. The third-order valence-corrected chi connectivity index (χ3v) is 6.25. The Labute approximate surface area is 215 Å². The number of Topliss-reactive ketones (excluding diaryl/α,β-unsaturated/α-hetero) is 2. The number of carbonyl (C=O) groups excluding carboxylic acids is 3. The molecule has 2 aromatic rings. The number of anilines is 1. The Kier molecular flexibility index (Phi) is 6.22. The van der Waals surface area contributed by atoms with E-state index in [-0.39, 0.29) is 39.7 Å². The molecule has 0 radical (unpaired) electrons. The first-order valence-corrected chi connectivity index (χ1v) is 11.5. The van der Waals surface area contributed by atoms with Gasteiger partial charge in [-0.1, -0.05) is 35.3 Å². The van der Waals surface area contributed by atoms with Crippen LogP contribution in [0.3, 0.4) is 0 Å². The molecule has 0 unspecified atom stereocenters. The Balaban J connectivity index is 1.38. The van der Waals surface area contributed by atoms with E-state index in [0.717, 1.165) is 21.7 Å². The van der Waals surface area contributed by atoms with E-state index in [1.54, 1.807) is 12.1 Å². The number of carbonyl (C=O) groups is 3. The van der Waals surface area contributed by atoms with Crippen molar-refractivity contribution in [1.82, 2.24) is 0 Å². The van der Waals surface area contributed by atoms with Crippen LogP contribution < -0.4 is 9.75 Å². The van der Waals surface area contributed by atoms with E-state index in [1.165, 1.54) is 12.1 Å². The molecule has 0 saturated heterocycles. The summed E-state index contributed by atoms with van der Waals surface area (Å²) in [5.74, 6) is -1.16. The zero-order chi connectivity index (χ0) is 25.4. The van der Waals surface area contributed by atoms with Gasteiger partial charge in [-0.25, -0.2) is 4.99 Å². The minimum absolute atomic E-state index is 0.0448. The molecule has 5 rings (SSSR count). The second-order valence-corrected chi connectivity index (χ2v) is 8.95. The number of rotatable bonds is 4. The number of fused-ring (bicyclic) bond motifs is 1. The molecule has 178 valence electrons. The molecule has 3 aliphatic rings. The fourth-order valence-corrected chi connectivity index (χ4v) is 4.44. The minimum Gasteiger partial charge on any atom is -0.436 e. The number of benzene rings is 2. The van der Waals surface area contributed by atoms with Crippen LogP contribution in [-0.4, -0.2) is 41.8 Å². The smallest absolute Gasteiger partial charge is 0.255 e.